The van der Waals surface area contributed by atoms with Crippen LogP contribution in [-0.4, -0.2) is 20.6 Å². The van der Waals surface area contributed by atoms with Gasteiger partial charge in [-0.15, -0.1) is 0 Å². The number of fused-ring (bicyclic) bond motifs is 1. The molecule has 0 aliphatic carbocycles. The second-order valence-corrected chi connectivity index (χ2v) is 7.83. The van der Waals surface area contributed by atoms with Crippen LogP contribution in [0.4, 0.5) is 5.88 Å². The van der Waals surface area contributed by atoms with E-state index in [1.54, 1.807) is 12.4 Å². The van der Waals surface area contributed by atoms with Crippen LogP contribution < -0.4 is 5.32 Å². The molecule has 28 heavy (non-hydrogen) atoms. The Balaban J connectivity index is 1.46. The molecule has 0 saturated heterocycles. The molecule has 0 aliphatic heterocycles. The Hall–Kier alpha value is -2.93. The number of aromatic nitrogens is 3. The fourth-order valence-corrected chi connectivity index (χ4v) is 3.30. The van der Waals surface area contributed by atoms with Crippen molar-refractivity contribution in [2.45, 2.75) is 26.2 Å². The van der Waals surface area contributed by atoms with E-state index < -0.39 is 0 Å². The van der Waals surface area contributed by atoms with Gasteiger partial charge < -0.3 is 4.52 Å². The summed E-state index contributed by atoms with van der Waals surface area (Å²) < 4.78 is 8.18. The molecule has 0 radical (unpaired) electrons. The molecule has 4 rings (SSSR count). The predicted octanol–water partition coefficient (Wildman–Crippen LogP) is 5.08. The van der Waals surface area contributed by atoms with Gasteiger partial charge in [-0.05, 0) is 41.8 Å². The predicted molar refractivity (Wildman–Crippen MR) is 112 cm³/mol. The van der Waals surface area contributed by atoms with Crippen molar-refractivity contribution in [1.29, 1.82) is 0 Å². The van der Waals surface area contributed by atoms with Gasteiger partial charge in [0, 0.05) is 16.2 Å². The van der Waals surface area contributed by atoms with Crippen LogP contribution in [-0.2, 0) is 11.2 Å². The van der Waals surface area contributed by atoms with Crippen molar-refractivity contribution in [1.82, 2.24) is 14.7 Å². The number of halogens is 1. The van der Waals surface area contributed by atoms with Crippen LogP contribution in [0.2, 0.25) is 0 Å². The minimum absolute atomic E-state index is 0.142. The number of amides is 1. The Morgan fingerprint density at radius 3 is 2.68 bits per heavy atom. The van der Waals surface area contributed by atoms with Gasteiger partial charge in [0.15, 0.2) is 0 Å². The van der Waals surface area contributed by atoms with E-state index in [4.69, 9.17) is 4.52 Å². The molecule has 1 N–H and O–H groups in total. The SMILES string of the molecule is CC(C)c1cc(NC(=O)Cc2ccc(-n3cnc4cc(Br)ccc43)cc2)on1. The first kappa shape index (κ1) is 18.4. The normalized spacial score (nSPS) is 11.3. The van der Waals surface area contributed by atoms with Gasteiger partial charge in [0.2, 0.25) is 11.8 Å². The highest BCUT2D eigenvalue weighted by molar-refractivity contribution is 9.10. The van der Waals surface area contributed by atoms with Gasteiger partial charge in [-0.3, -0.25) is 14.7 Å². The van der Waals surface area contributed by atoms with Crippen molar-refractivity contribution in [2.24, 2.45) is 0 Å². The summed E-state index contributed by atoms with van der Waals surface area (Å²) in [5.41, 5.74) is 4.67. The number of anilines is 1. The molecule has 1 amide bonds. The summed E-state index contributed by atoms with van der Waals surface area (Å²) in [5, 5.41) is 6.69. The van der Waals surface area contributed by atoms with Crippen LogP contribution in [0, 0.1) is 0 Å². The minimum Gasteiger partial charge on any atom is -0.338 e. The number of hydrogen-bond donors (Lipinski definition) is 1. The first-order valence-electron chi connectivity index (χ1n) is 8.98. The standard InChI is InChI=1S/C21H19BrN4O2/c1-13(2)17-11-21(28-25-17)24-20(27)9-14-3-6-16(7-4-14)26-12-23-18-10-15(22)5-8-19(18)26/h3-8,10-13H,9H2,1-2H3,(H,24,27). The molecule has 2 aromatic carbocycles. The molecule has 2 aromatic heterocycles. The molecule has 0 fully saturated rings. The number of nitrogens with one attached hydrogen (secondary N) is 1. The van der Waals surface area contributed by atoms with E-state index in [1.807, 2.05) is 60.9 Å². The molecule has 0 atom stereocenters. The fraction of sp³-hybridized carbons (Fsp3) is 0.190. The number of benzene rings is 2. The third-order valence-corrected chi connectivity index (χ3v) is 4.96. The minimum atomic E-state index is -0.142. The molecule has 142 valence electrons. The first-order chi connectivity index (χ1) is 13.5. The fourth-order valence-electron chi connectivity index (χ4n) is 2.95. The van der Waals surface area contributed by atoms with E-state index in [0.717, 1.165) is 32.5 Å². The van der Waals surface area contributed by atoms with E-state index in [9.17, 15) is 4.79 Å². The number of rotatable bonds is 5. The van der Waals surface area contributed by atoms with Crippen molar-refractivity contribution in [2.75, 3.05) is 5.32 Å². The number of nitrogens with zero attached hydrogens (tertiary/aromatic N) is 3. The van der Waals surface area contributed by atoms with Crippen LogP contribution in [0.1, 0.15) is 31.0 Å². The first-order valence-corrected chi connectivity index (χ1v) is 9.77. The maximum atomic E-state index is 12.3. The van der Waals surface area contributed by atoms with Crippen LogP contribution in [0.3, 0.4) is 0 Å². The largest absolute Gasteiger partial charge is 0.338 e. The Labute approximate surface area is 170 Å². The average molecular weight is 439 g/mol. The van der Waals surface area contributed by atoms with Crippen molar-refractivity contribution >= 4 is 38.8 Å². The number of carbonyl (C=O) groups excluding carboxylic acids is 1. The van der Waals surface area contributed by atoms with Crippen molar-refractivity contribution < 1.29 is 9.32 Å². The lowest BCUT2D eigenvalue weighted by molar-refractivity contribution is -0.115. The molecule has 7 heteroatoms. The third-order valence-electron chi connectivity index (χ3n) is 4.47. The molecule has 6 nitrogen and oxygen atoms in total. The van der Waals surface area contributed by atoms with Crippen LogP contribution in [0.25, 0.3) is 16.7 Å². The lowest BCUT2D eigenvalue weighted by Gasteiger charge is -2.06. The molecular formula is C21H19BrN4O2. The topological polar surface area (TPSA) is 73.0 Å². The number of carbonyl (C=O) groups is 1. The lowest BCUT2D eigenvalue weighted by atomic mass is 10.1. The zero-order valence-corrected chi connectivity index (χ0v) is 17.1. The molecule has 0 aliphatic rings. The van der Waals surface area contributed by atoms with Gasteiger partial charge in [-0.1, -0.05) is 47.1 Å². The van der Waals surface area contributed by atoms with Gasteiger partial charge in [0.25, 0.3) is 0 Å². The van der Waals surface area contributed by atoms with Gasteiger partial charge >= 0.3 is 0 Å². The number of imidazole rings is 1. The molecule has 0 bridgehead atoms. The van der Waals surface area contributed by atoms with E-state index >= 15 is 0 Å². The van der Waals surface area contributed by atoms with Crippen LogP contribution >= 0.6 is 15.9 Å². The Morgan fingerprint density at radius 2 is 1.96 bits per heavy atom. The van der Waals surface area contributed by atoms with Gasteiger partial charge in [-0.2, -0.15) is 0 Å². The van der Waals surface area contributed by atoms with Gasteiger partial charge in [0.05, 0.1) is 23.1 Å². The summed E-state index contributed by atoms with van der Waals surface area (Å²) in [6, 6.07) is 15.6. The van der Waals surface area contributed by atoms with Crippen molar-refractivity contribution in [3.8, 4) is 5.69 Å². The highest BCUT2D eigenvalue weighted by atomic mass is 79.9. The summed E-state index contributed by atoms with van der Waals surface area (Å²) in [7, 11) is 0. The monoisotopic (exact) mass is 438 g/mol. The van der Waals surface area contributed by atoms with Crippen LogP contribution in [0.15, 0.2) is 63.9 Å². The van der Waals surface area contributed by atoms with Crippen molar-refractivity contribution in [3.63, 3.8) is 0 Å². The molecule has 4 aromatic rings. The molecular weight excluding hydrogens is 420 g/mol. The molecule has 0 saturated carbocycles. The molecule has 0 spiro atoms. The summed E-state index contributed by atoms with van der Waals surface area (Å²) in [6.45, 7) is 4.04. The summed E-state index contributed by atoms with van der Waals surface area (Å²) in [6.07, 6.45) is 2.06. The zero-order valence-electron chi connectivity index (χ0n) is 15.5. The molecule has 0 unspecified atom stereocenters. The Morgan fingerprint density at radius 1 is 1.18 bits per heavy atom. The van der Waals surface area contributed by atoms with Gasteiger partial charge in [-0.25, -0.2) is 4.98 Å². The Bertz CT molecular complexity index is 1130. The quantitative estimate of drug-likeness (QED) is 0.471. The number of hydrogen-bond acceptors (Lipinski definition) is 4. The van der Waals surface area contributed by atoms with E-state index in [-0.39, 0.29) is 18.2 Å². The maximum Gasteiger partial charge on any atom is 0.231 e. The smallest absolute Gasteiger partial charge is 0.231 e. The third kappa shape index (κ3) is 3.84. The Kier molecular flexibility index (Phi) is 5.00. The average Bonchev–Trinajstić information content (AvgIpc) is 3.29. The summed E-state index contributed by atoms with van der Waals surface area (Å²) in [4.78, 5) is 16.7. The summed E-state index contributed by atoms with van der Waals surface area (Å²) in [5.74, 6) is 0.487. The molecule has 2 heterocycles. The maximum absolute atomic E-state index is 12.3. The van der Waals surface area contributed by atoms with Crippen molar-refractivity contribution in [3.05, 3.63) is 70.6 Å². The zero-order chi connectivity index (χ0) is 19.7. The van der Waals surface area contributed by atoms with E-state index in [0.29, 0.717) is 5.88 Å². The second-order valence-electron chi connectivity index (χ2n) is 6.91. The second kappa shape index (κ2) is 7.59. The summed E-state index contributed by atoms with van der Waals surface area (Å²) >= 11 is 3.46. The van der Waals surface area contributed by atoms with Crippen LogP contribution in [0.5, 0.6) is 0 Å². The van der Waals surface area contributed by atoms with E-state index in [2.05, 4.69) is 31.4 Å². The highest BCUT2D eigenvalue weighted by Gasteiger charge is 2.11. The highest BCUT2D eigenvalue weighted by Crippen LogP contribution is 2.22. The van der Waals surface area contributed by atoms with E-state index in [1.165, 1.54) is 0 Å². The van der Waals surface area contributed by atoms with Gasteiger partial charge in [0.1, 0.15) is 6.33 Å². The lowest BCUT2D eigenvalue weighted by Crippen LogP contribution is -2.13.